The Hall–Kier alpha value is -1.81. The molecule has 5 aliphatic rings. The van der Waals surface area contributed by atoms with Gasteiger partial charge in [0.25, 0.3) is 0 Å². The Labute approximate surface area is 255 Å². The zero-order valence-electron chi connectivity index (χ0n) is 27.3. The second-order valence-electron chi connectivity index (χ2n) is 16.9. The number of aromatic hydroxyl groups is 1. The molecule has 0 saturated heterocycles. The summed E-state index contributed by atoms with van der Waals surface area (Å²) in [6.07, 6.45) is 11.8. The van der Waals surface area contributed by atoms with Gasteiger partial charge in [0.2, 0.25) is 5.91 Å². The maximum Gasteiger partial charge on any atom is 0.226 e. The third-order valence-electron chi connectivity index (χ3n) is 15.1. The summed E-state index contributed by atoms with van der Waals surface area (Å²) >= 11 is 0. The van der Waals surface area contributed by atoms with Gasteiger partial charge < -0.3 is 15.5 Å². The van der Waals surface area contributed by atoms with E-state index in [1.807, 2.05) is 12.1 Å². The SMILES string of the molecule is C=C(C)[C@@H]1CC[C@]2(C(=O)NCCc3ccc(O)cc3)CC[C@]3(C)C(CCC4[C@@]5(C)CC[C@H](O)C(C)(C)C5CC[C@]43C)C12. The second kappa shape index (κ2) is 10.1. The van der Waals surface area contributed by atoms with Crippen LogP contribution in [0.25, 0.3) is 0 Å². The van der Waals surface area contributed by atoms with Gasteiger partial charge in [0.15, 0.2) is 0 Å². The minimum atomic E-state index is -0.288. The average Bonchev–Trinajstić information content (AvgIpc) is 3.34. The third-order valence-corrected chi connectivity index (χ3v) is 15.1. The molecule has 5 saturated carbocycles. The summed E-state index contributed by atoms with van der Waals surface area (Å²) in [6.45, 7) is 19.9. The van der Waals surface area contributed by atoms with Gasteiger partial charge in [-0.2, -0.15) is 0 Å². The summed E-state index contributed by atoms with van der Waals surface area (Å²) < 4.78 is 0. The van der Waals surface area contributed by atoms with Gasteiger partial charge in [-0.05, 0) is 146 Å². The number of benzene rings is 1. The largest absolute Gasteiger partial charge is 0.508 e. The summed E-state index contributed by atoms with van der Waals surface area (Å²) in [7, 11) is 0. The number of carbonyl (C=O) groups is 1. The number of phenolic OH excluding ortho intramolecular Hbond substituents is 1. The van der Waals surface area contributed by atoms with E-state index in [1.54, 1.807) is 12.1 Å². The van der Waals surface area contributed by atoms with Crippen molar-refractivity contribution >= 4 is 5.91 Å². The number of amides is 1. The molecule has 5 aliphatic carbocycles. The number of aliphatic hydroxyl groups excluding tert-OH is 1. The molecule has 4 heteroatoms. The van der Waals surface area contributed by atoms with E-state index in [0.29, 0.717) is 36.1 Å². The van der Waals surface area contributed by atoms with E-state index in [0.717, 1.165) is 50.5 Å². The van der Waals surface area contributed by atoms with E-state index >= 15 is 0 Å². The molecule has 1 aromatic carbocycles. The van der Waals surface area contributed by atoms with Crippen LogP contribution in [0.5, 0.6) is 5.75 Å². The highest BCUT2D eigenvalue weighted by atomic mass is 16.3. The van der Waals surface area contributed by atoms with E-state index in [2.05, 4.69) is 53.4 Å². The fourth-order valence-corrected chi connectivity index (χ4v) is 12.7. The van der Waals surface area contributed by atoms with Crippen molar-refractivity contribution in [2.45, 2.75) is 118 Å². The Morgan fingerprint density at radius 1 is 0.881 bits per heavy atom. The van der Waals surface area contributed by atoms with Crippen molar-refractivity contribution < 1.29 is 15.0 Å². The van der Waals surface area contributed by atoms with Crippen LogP contribution in [0.2, 0.25) is 0 Å². The molecule has 6 rings (SSSR count). The van der Waals surface area contributed by atoms with E-state index in [4.69, 9.17) is 0 Å². The number of nitrogens with one attached hydrogen (secondary N) is 1. The van der Waals surface area contributed by atoms with Gasteiger partial charge in [-0.15, -0.1) is 0 Å². The first-order valence-corrected chi connectivity index (χ1v) is 17.1. The standard InChI is InChI=1S/C38H57NO3/c1-24(2)27-14-20-38(33(42)39-23-17-25-8-10-26(40)11-9-25)22-21-36(6)28(32(27)38)12-13-30-35(5)18-16-31(41)34(3,4)29(35)15-19-37(30,36)7/h8-11,27-32,40-41H,1,12-23H2,2-7H3,(H,39,42)/t27-,28?,29?,30?,31-,32?,35-,36+,37+,38-/m0/s1. The van der Waals surface area contributed by atoms with Crippen molar-refractivity contribution in [2.75, 3.05) is 6.54 Å². The molecule has 1 aromatic rings. The highest BCUT2D eigenvalue weighted by Crippen LogP contribution is 2.77. The van der Waals surface area contributed by atoms with Crippen molar-refractivity contribution in [3.05, 3.63) is 42.0 Å². The lowest BCUT2D eigenvalue weighted by Gasteiger charge is -2.72. The van der Waals surface area contributed by atoms with Crippen molar-refractivity contribution in [3.8, 4) is 5.75 Å². The number of hydrogen-bond donors (Lipinski definition) is 3. The van der Waals surface area contributed by atoms with Gasteiger partial charge in [-0.1, -0.05) is 58.9 Å². The van der Waals surface area contributed by atoms with Crippen LogP contribution in [0.4, 0.5) is 0 Å². The summed E-state index contributed by atoms with van der Waals surface area (Å²) in [5, 5.41) is 24.1. The van der Waals surface area contributed by atoms with Crippen LogP contribution in [0, 0.1) is 56.7 Å². The normalized spacial score (nSPS) is 45.6. The lowest BCUT2D eigenvalue weighted by molar-refractivity contribution is -0.246. The van der Waals surface area contributed by atoms with Crippen molar-refractivity contribution in [3.63, 3.8) is 0 Å². The molecule has 0 bridgehead atoms. The quantitative estimate of drug-likeness (QED) is 0.311. The number of phenols is 1. The number of carbonyl (C=O) groups excluding carboxylic acids is 1. The summed E-state index contributed by atoms with van der Waals surface area (Å²) in [5.41, 5.74) is 2.83. The van der Waals surface area contributed by atoms with Gasteiger partial charge in [-0.25, -0.2) is 0 Å². The summed E-state index contributed by atoms with van der Waals surface area (Å²) in [6, 6.07) is 7.35. The molecular formula is C38H57NO3. The maximum absolute atomic E-state index is 14.3. The Morgan fingerprint density at radius 2 is 1.60 bits per heavy atom. The van der Waals surface area contributed by atoms with Crippen LogP contribution < -0.4 is 5.32 Å². The minimum Gasteiger partial charge on any atom is -0.508 e. The molecule has 1 amide bonds. The van der Waals surface area contributed by atoms with Crippen LogP contribution in [-0.4, -0.2) is 28.8 Å². The smallest absolute Gasteiger partial charge is 0.226 e. The number of fused-ring (bicyclic) bond motifs is 7. The molecule has 0 radical (unpaired) electrons. The fourth-order valence-electron chi connectivity index (χ4n) is 12.7. The van der Waals surface area contributed by atoms with Crippen LogP contribution in [0.1, 0.15) is 111 Å². The molecule has 232 valence electrons. The first kappa shape index (κ1) is 30.2. The third kappa shape index (κ3) is 4.12. The van der Waals surface area contributed by atoms with E-state index in [9.17, 15) is 15.0 Å². The molecule has 4 nitrogen and oxygen atoms in total. The lowest BCUT2D eigenvalue weighted by atomic mass is 9.32. The van der Waals surface area contributed by atoms with Gasteiger partial charge >= 0.3 is 0 Å². The van der Waals surface area contributed by atoms with Crippen LogP contribution in [0.3, 0.4) is 0 Å². The highest BCUT2D eigenvalue weighted by molar-refractivity contribution is 5.84. The molecule has 5 fully saturated rings. The molecule has 0 spiro atoms. The molecule has 10 atom stereocenters. The molecule has 0 aromatic heterocycles. The molecule has 4 unspecified atom stereocenters. The maximum atomic E-state index is 14.3. The number of rotatable bonds is 5. The predicted octanol–water partition coefficient (Wildman–Crippen LogP) is 8.07. The van der Waals surface area contributed by atoms with Gasteiger partial charge in [-0.3, -0.25) is 4.79 Å². The Balaban J connectivity index is 1.28. The first-order chi connectivity index (χ1) is 19.7. The van der Waals surface area contributed by atoms with Crippen LogP contribution in [-0.2, 0) is 11.2 Å². The number of aliphatic hydroxyl groups is 1. The van der Waals surface area contributed by atoms with E-state index in [1.165, 1.54) is 31.3 Å². The van der Waals surface area contributed by atoms with Crippen molar-refractivity contribution in [1.82, 2.24) is 5.32 Å². The second-order valence-corrected chi connectivity index (χ2v) is 16.9. The zero-order valence-corrected chi connectivity index (χ0v) is 27.3. The fraction of sp³-hybridized carbons (Fsp3) is 0.763. The van der Waals surface area contributed by atoms with Crippen molar-refractivity contribution in [2.24, 2.45) is 56.7 Å². The number of hydrogen-bond acceptors (Lipinski definition) is 3. The first-order valence-electron chi connectivity index (χ1n) is 17.1. The Kier molecular flexibility index (Phi) is 7.28. The Bertz CT molecular complexity index is 1220. The Morgan fingerprint density at radius 3 is 2.29 bits per heavy atom. The highest BCUT2D eigenvalue weighted by Gasteiger charge is 2.71. The van der Waals surface area contributed by atoms with E-state index < -0.39 is 0 Å². The lowest BCUT2D eigenvalue weighted by Crippen LogP contribution is -2.67. The van der Waals surface area contributed by atoms with Gasteiger partial charge in [0.1, 0.15) is 5.75 Å². The molecule has 3 N–H and O–H groups in total. The van der Waals surface area contributed by atoms with Gasteiger partial charge in [0.05, 0.1) is 11.5 Å². The molecule has 0 heterocycles. The predicted molar refractivity (Wildman–Crippen MR) is 170 cm³/mol. The molecular weight excluding hydrogens is 518 g/mol. The average molecular weight is 576 g/mol. The van der Waals surface area contributed by atoms with Crippen molar-refractivity contribution in [1.29, 1.82) is 0 Å². The number of allylic oxidation sites excluding steroid dienone is 1. The van der Waals surface area contributed by atoms with Crippen LogP contribution in [0.15, 0.2) is 36.4 Å². The van der Waals surface area contributed by atoms with Crippen LogP contribution >= 0.6 is 0 Å². The van der Waals surface area contributed by atoms with Gasteiger partial charge in [0, 0.05) is 6.54 Å². The summed E-state index contributed by atoms with van der Waals surface area (Å²) in [5.74, 6) is 3.15. The molecule has 0 aliphatic heterocycles. The zero-order chi connectivity index (χ0) is 30.3. The molecule has 42 heavy (non-hydrogen) atoms. The topological polar surface area (TPSA) is 69.6 Å². The van der Waals surface area contributed by atoms with E-state index in [-0.39, 0.29) is 44.8 Å². The minimum absolute atomic E-state index is 0.0253. The summed E-state index contributed by atoms with van der Waals surface area (Å²) in [4.78, 5) is 14.3. The monoisotopic (exact) mass is 575 g/mol.